The lowest BCUT2D eigenvalue weighted by Crippen LogP contribution is -2.49. The van der Waals surface area contributed by atoms with Gasteiger partial charge in [0, 0.05) is 6.42 Å². The van der Waals surface area contributed by atoms with Crippen molar-refractivity contribution in [3.05, 3.63) is 34.9 Å². The van der Waals surface area contributed by atoms with Gasteiger partial charge < -0.3 is 10.2 Å². The predicted octanol–water partition coefficient (Wildman–Crippen LogP) is 7.80. The highest BCUT2D eigenvalue weighted by molar-refractivity contribution is 5.71. The van der Waals surface area contributed by atoms with Crippen molar-refractivity contribution < 1.29 is 19.8 Å². The second-order valence-corrected chi connectivity index (χ2v) is 12.4. The molecule has 0 aromatic carbocycles. The molecule has 2 N–H and O–H groups in total. The molecule has 0 bridgehead atoms. The SMILES string of the molecule is C=C(C)C1CCC2=C(CCC3(C)C(C(CCC=C(C)C)C(=O)O)CCC23C)C1(C)CCC(=O)O. The summed E-state index contributed by atoms with van der Waals surface area (Å²) >= 11 is 0. The van der Waals surface area contributed by atoms with Crippen molar-refractivity contribution in [2.24, 2.45) is 34.0 Å². The molecule has 0 amide bonds. The highest BCUT2D eigenvalue weighted by atomic mass is 16.4. The van der Waals surface area contributed by atoms with E-state index in [9.17, 15) is 19.8 Å². The van der Waals surface area contributed by atoms with E-state index in [-0.39, 0.29) is 34.5 Å². The fourth-order valence-electron chi connectivity index (χ4n) is 8.33. The van der Waals surface area contributed by atoms with Gasteiger partial charge in [-0.15, -0.1) is 0 Å². The average Bonchev–Trinajstić information content (AvgIpc) is 3.01. The molecule has 3 aliphatic rings. The van der Waals surface area contributed by atoms with Gasteiger partial charge in [0.15, 0.2) is 0 Å². The predicted molar refractivity (Wildman–Crippen MR) is 138 cm³/mol. The fraction of sp³-hybridized carbons (Fsp3) is 0.733. The van der Waals surface area contributed by atoms with Gasteiger partial charge in [-0.05, 0) is 107 Å². The summed E-state index contributed by atoms with van der Waals surface area (Å²) in [6.07, 6.45) is 10.5. The lowest BCUT2D eigenvalue weighted by atomic mass is 9.47. The summed E-state index contributed by atoms with van der Waals surface area (Å²) in [5, 5.41) is 19.7. The quantitative estimate of drug-likeness (QED) is 0.337. The second kappa shape index (κ2) is 9.66. The summed E-state index contributed by atoms with van der Waals surface area (Å²) in [6, 6.07) is 0. The van der Waals surface area contributed by atoms with Crippen LogP contribution in [0.25, 0.3) is 0 Å². The number of carboxylic acids is 2. The standard InChI is InChI=1S/C30H46O4/c1-19(2)9-8-10-21(27(33)34)23-13-17-30(7)25-12-11-22(20(3)4)28(5,16-15-26(31)32)24(25)14-18-29(23,30)6/h9,21-23H,3,8,10-18H2,1-2,4-7H3,(H,31,32)(H,33,34). The Morgan fingerprint density at radius 3 is 2.29 bits per heavy atom. The summed E-state index contributed by atoms with van der Waals surface area (Å²) in [7, 11) is 0. The van der Waals surface area contributed by atoms with Crippen LogP contribution >= 0.6 is 0 Å². The molecular weight excluding hydrogens is 424 g/mol. The van der Waals surface area contributed by atoms with Gasteiger partial charge in [-0.2, -0.15) is 0 Å². The molecule has 4 heteroatoms. The molecule has 0 spiro atoms. The van der Waals surface area contributed by atoms with E-state index in [1.54, 1.807) is 0 Å². The second-order valence-electron chi connectivity index (χ2n) is 12.4. The smallest absolute Gasteiger partial charge is 0.306 e. The van der Waals surface area contributed by atoms with E-state index in [1.165, 1.54) is 16.7 Å². The first-order valence-corrected chi connectivity index (χ1v) is 13.2. The third-order valence-corrected chi connectivity index (χ3v) is 10.4. The van der Waals surface area contributed by atoms with E-state index >= 15 is 0 Å². The van der Waals surface area contributed by atoms with E-state index in [0.717, 1.165) is 50.5 Å². The van der Waals surface area contributed by atoms with Crippen LogP contribution in [0.15, 0.2) is 34.9 Å². The molecule has 1 saturated carbocycles. The summed E-state index contributed by atoms with van der Waals surface area (Å²) in [6.45, 7) is 17.6. The number of allylic oxidation sites excluding steroid dienone is 5. The van der Waals surface area contributed by atoms with Crippen molar-refractivity contribution in [2.45, 2.75) is 106 Å². The van der Waals surface area contributed by atoms with Crippen LogP contribution in [0, 0.1) is 34.0 Å². The van der Waals surface area contributed by atoms with Crippen LogP contribution in [0.3, 0.4) is 0 Å². The van der Waals surface area contributed by atoms with Crippen molar-refractivity contribution in [3.8, 4) is 0 Å². The molecule has 0 saturated heterocycles. The zero-order chi connectivity index (χ0) is 25.5. The van der Waals surface area contributed by atoms with Crippen LogP contribution in [0.1, 0.15) is 106 Å². The van der Waals surface area contributed by atoms with Gasteiger partial charge in [-0.1, -0.05) is 55.7 Å². The molecule has 0 aromatic rings. The number of carbonyl (C=O) groups is 2. The number of carboxylic acid groups (broad SMARTS) is 2. The largest absolute Gasteiger partial charge is 0.481 e. The Bertz CT molecular complexity index is 907. The third kappa shape index (κ3) is 4.42. The molecule has 4 nitrogen and oxygen atoms in total. The van der Waals surface area contributed by atoms with E-state index < -0.39 is 11.9 Å². The number of hydrogen-bond donors (Lipinski definition) is 2. The molecular formula is C30H46O4. The molecule has 6 unspecified atom stereocenters. The van der Waals surface area contributed by atoms with Crippen LogP contribution in [0.5, 0.6) is 0 Å². The summed E-state index contributed by atoms with van der Waals surface area (Å²) in [5.74, 6) is -1.20. The van der Waals surface area contributed by atoms with Crippen LogP contribution in [-0.2, 0) is 9.59 Å². The molecule has 3 aliphatic carbocycles. The van der Waals surface area contributed by atoms with Gasteiger partial charge in [0.1, 0.15) is 0 Å². The Morgan fingerprint density at radius 2 is 1.74 bits per heavy atom. The Morgan fingerprint density at radius 1 is 1.06 bits per heavy atom. The molecule has 190 valence electrons. The highest BCUT2D eigenvalue weighted by Gasteiger charge is 2.62. The zero-order valence-corrected chi connectivity index (χ0v) is 22.3. The van der Waals surface area contributed by atoms with Gasteiger partial charge in [0.25, 0.3) is 0 Å². The topological polar surface area (TPSA) is 74.6 Å². The maximum Gasteiger partial charge on any atom is 0.306 e. The molecule has 34 heavy (non-hydrogen) atoms. The molecule has 3 rings (SSSR count). The summed E-state index contributed by atoms with van der Waals surface area (Å²) in [5.41, 5.74) is 5.19. The minimum absolute atomic E-state index is 0.0139. The minimum Gasteiger partial charge on any atom is -0.481 e. The molecule has 1 fully saturated rings. The molecule has 0 heterocycles. The molecule has 0 aliphatic heterocycles. The highest BCUT2D eigenvalue weighted by Crippen LogP contribution is 2.71. The first-order valence-electron chi connectivity index (χ1n) is 13.2. The maximum atomic E-state index is 12.4. The van der Waals surface area contributed by atoms with Crippen molar-refractivity contribution in [1.29, 1.82) is 0 Å². The van der Waals surface area contributed by atoms with Crippen LogP contribution in [0.4, 0.5) is 0 Å². The number of aliphatic carboxylic acids is 2. The average molecular weight is 471 g/mol. The lowest BCUT2D eigenvalue weighted by Gasteiger charge is -2.57. The Kier molecular flexibility index (Phi) is 7.60. The van der Waals surface area contributed by atoms with Gasteiger partial charge in [-0.25, -0.2) is 0 Å². The third-order valence-electron chi connectivity index (χ3n) is 10.4. The fourth-order valence-corrected chi connectivity index (χ4v) is 8.33. The number of rotatable bonds is 9. The number of fused-ring (bicyclic) bond motifs is 2. The first-order chi connectivity index (χ1) is 15.8. The van der Waals surface area contributed by atoms with Gasteiger partial charge in [-0.3, -0.25) is 9.59 Å². The van der Waals surface area contributed by atoms with E-state index in [4.69, 9.17) is 0 Å². The van der Waals surface area contributed by atoms with E-state index in [2.05, 4.69) is 54.2 Å². The van der Waals surface area contributed by atoms with Gasteiger partial charge >= 0.3 is 11.9 Å². The lowest BCUT2D eigenvalue weighted by molar-refractivity contribution is -0.146. The Labute approximate surface area is 206 Å². The van der Waals surface area contributed by atoms with E-state index in [1.807, 2.05) is 0 Å². The van der Waals surface area contributed by atoms with Crippen LogP contribution in [-0.4, -0.2) is 22.2 Å². The molecule has 6 atom stereocenters. The normalized spacial score (nSPS) is 35.8. The van der Waals surface area contributed by atoms with Crippen LogP contribution < -0.4 is 0 Å². The Hall–Kier alpha value is -1.84. The first kappa shape index (κ1) is 26.8. The molecule has 0 radical (unpaired) electrons. The van der Waals surface area contributed by atoms with Crippen molar-refractivity contribution in [1.82, 2.24) is 0 Å². The van der Waals surface area contributed by atoms with Gasteiger partial charge in [0.05, 0.1) is 5.92 Å². The van der Waals surface area contributed by atoms with Crippen molar-refractivity contribution in [3.63, 3.8) is 0 Å². The van der Waals surface area contributed by atoms with Crippen LogP contribution in [0.2, 0.25) is 0 Å². The maximum absolute atomic E-state index is 12.4. The van der Waals surface area contributed by atoms with Crippen molar-refractivity contribution in [2.75, 3.05) is 0 Å². The zero-order valence-electron chi connectivity index (χ0n) is 22.3. The van der Waals surface area contributed by atoms with Gasteiger partial charge in [0.2, 0.25) is 0 Å². The molecule has 0 aromatic heterocycles. The van der Waals surface area contributed by atoms with Crippen molar-refractivity contribution >= 4 is 11.9 Å². The summed E-state index contributed by atoms with van der Waals surface area (Å²) < 4.78 is 0. The monoisotopic (exact) mass is 470 g/mol. The summed E-state index contributed by atoms with van der Waals surface area (Å²) in [4.78, 5) is 24.0. The number of hydrogen-bond acceptors (Lipinski definition) is 2. The van der Waals surface area contributed by atoms with E-state index in [0.29, 0.717) is 18.8 Å². The minimum atomic E-state index is -0.733. The Balaban J connectivity index is 2.01.